The number of carbonyl (C=O) groups is 2. The Morgan fingerprint density at radius 2 is 2.08 bits per heavy atom. The molecule has 1 amide bonds. The van der Waals surface area contributed by atoms with Gasteiger partial charge in [-0.05, 0) is 40.2 Å². The fourth-order valence-electron chi connectivity index (χ4n) is 2.32. The topological polar surface area (TPSA) is 77.0 Å². The van der Waals surface area contributed by atoms with Gasteiger partial charge >= 0.3 is 5.97 Å². The third kappa shape index (κ3) is 4.45. The Labute approximate surface area is 157 Å². The summed E-state index contributed by atoms with van der Waals surface area (Å²) in [5, 5.41) is 6.42. The molecule has 0 saturated carbocycles. The minimum absolute atomic E-state index is 0.147. The number of para-hydroxylation sites is 1. The van der Waals surface area contributed by atoms with Crippen LogP contribution in [0.4, 0.5) is 10.1 Å². The monoisotopic (exact) mass is 420 g/mol. The maximum atomic E-state index is 13.3. The molecule has 6 nitrogen and oxygen atoms in total. The first-order chi connectivity index (χ1) is 12.5. The molecule has 1 atom stereocenters. The number of oxime groups is 1. The summed E-state index contributed by atoms with van der Waals surface area (Å²) in [7, 11) is 0. The molecule has 1 N–H and O–H groups in total. The first-order valence-electron chi connectivity index (χ1n) is 7.72. The fourth-order valence-corrected chi connectivity index (χ4v) is 2.70. The van der Waals surface area contributed by atoms with Gasteiger partial charge in [0, 0.05) is 16.5 Å². The highest BCUT2D eigenvalue weighted by molar-refractivity contribution is 9.10. The van der Waals surface area contributed by atoms with Crippen molar-refractivity contribution >= 4 is 39.2 Å². The van der Waals surface area contributed by atoms with Gasteiger partial charge in [-0.15, -0.1) is 0 Å². The number of rotatable bonds is 5. The van der Waals surface area contributed by atoms with Crippen molar-refractivity contribution in [2.75, 3.05) is 11.9 Å². The van der Waals surface area contributed by atoms with E-state index in [1.807, 2.05) is 6.07 Å². The molecule has 1 aliphatic heterocycles. The molecule has 134 valence electrons. The van der Waals surface area contributed by atoms with E-state index in [4.69, 9.17) is 9.57 Å². The maximum absolute atomic E-state index is 13.3. The molecule has 0 radical (unpaired) electrons. The Kier molecular flexibility index (Phi) is 5.62. The van der Waals surface area contributed by atoms with E-state index >= 15 is 0 Å². The predicted molar refractivity (Wildman–Crippen MR) is 96.2 cm³/mol. The van der Waals surface area contributed by atoms with Gasteiger partial charge in [0.15, 0.2) is 6.61 Å². The maximum Gasteiger partial charge on any atom is 0.351 e. The van der Waals surface area contributed by atoms with E-state index in [9.17, 15) is 14.0 Å². The van der Waals surface area contributed by atoms with Crippen molar-refractivity contribution in [2.45, 2.75) is 12.5 Å². The van der Waals surface area contributed by atoms with E-state index < -0.39 is 30.4 Å². The van der Waals surface area contributed by atoms with Gasteiger partial charge in [-0.3, -0.25) is 4.79 Å². The van der Waals surface area contributed by atoms with Crippen molar-refractivity contribution in [3.63, 3.8) is 0 Å². The molecule has 2 aromatic carbocycles. The molecule has 8 heteroatoms. The van der Waals surface area contributed by atoms with E-state index in [1.54, 1.807) is 30.3 Å². The molecule has 0 spiro atoms. The SMILES string of the molecule is O=C(COC(=O)C1CC(c2cccc(F)c2)=NO1)Nc1ccccc1Br. The smallest absolute Gasteiger partial charge is 0.351 e. The molecule has 0 bridgehead atoms. The number of nitrogens with zero attached hydrogens (tertiary/aromatic N) is 1. The largest absolute Gasteiger partial charge is 0.453 e. The number of nitrogens with one attached hydrogen (secondary N) is 1. The summed E-state index contributed by atoms with van der Waals surface area (Å²) in [5.41, 5.74) is 1.55. The van der Waals surface area contributed by atoms with Gasteiger partial charge in [0.1, 0.15) is 5.82 Å². The van der Waals surface area contributed by atoms with Crippen LogP contribution in [0.3, 0.4) is 0 Å². The van der Waals surface area contributed by atoms with Crippen LogP contribution < -0.4 is 5.32 Å². The molecule has 3 rings (SSSR count). The van der Waals surface area contributed by atoms with Crippen molar-refractivity contribution in [2.24, 2.45) is 5.16 Å². The number of carbonyl (C=O) groups excluding carboxylic acids is 2. The summed E-state index contributed by atoms with van der Waals surface area (Å²) in [6.45, 7) is -0.449. The third-order valence-corrected chi connectivity index (χ3v) is 4.27. The summed E-state index contributed by atoms with van der Waals surface area (Å²) >= 11 is 3.31. The van der Waals surface area contributed by atoms with E-state index in [0.717, 1.165) is 0 Å². The van der Waals surface area contributed by atoms with Crippen molar-refractivity contribution in [3.8, 4) is 0 Å². The Morgan fingerprint density at radius 3 is 2.85 bits per heavy atom. The zero-order valence-electron chi connectivity index (χ0n) is 13.4. The molecule has 2 aromatic rings. The van der Waals surface area contributed by atoms with E-state index in [1.165, 1.54) is 12.1 Å². The normalized spacial score (nSPS) is 15.8. The predicted octanol–water partition coefficient (Wildman–Crippen LogP) is 3.26. The molecule has 26 heavy (non-hydrogen) atoms. The van der Waals surface area contributed by atoms with Gasteiger partial charge in [0.05, 0.1) is 11.4 Å². The number of esters is 1. The van der Waals surface area contributed by atoms with Crippen LogP contribution in [0.1, 0.15) is 12.0 Å². The van der Waals surface area contributed by atoms with Crippen LogP contribution in [0, 0.1) is 5.82 Å². The quantitative estimate of drug-likeness (QED) is 0.753. The fraction of sp³-hybridized carbons (Fsp3) is 0.167. The van der Waals surface area contributed by atoms with Crippen LogP contribution in [-0.4, -0.2) is 30.3 Å². The minimum Gasteiger partial charge on any atom is -0.453 e. The molecule has 1 unspecified atom stereocenters. The molecule has 0 fully saturated rings. The summed E-state index contributed by atoms with van der Waals surface area (Å²) in [4.78, 5) is 29.0. The minimum atomic E-state index is -0.954. The lowest BCUT2D eigenvalue weighted by molar-refractivity contribution is -0.157. The number of anilines is 1. The number of halogens is 2. The van der Waals surface area contributed by atoms with Gasteiger partial charge in [0.25, 0.3) is 5.91 Å². The van der Waals surface area contributed by atoms with Crippen LogP contribution in [0.2, 0.25) is 0 Å². The van der Waals surface area contributed by atoms with E-state index in [0.29, 0.717) is 21.4 Å². The zero-order chi connectivity index (χ0) is 18.5. The molecular weight excluding hydrogens is 407 g/mol. The van der Waals surface area contributed by atoms with Gasteiger partial charge in [-0.1, -0.05) is 29.4 Å². The standard InChI is InChI=1S/C18H14BrFN2O4/c19-13-6-1-2-7-14(13)21-17(23)10-25-18(24)16-9-15(22-26-16)11-4-3-5-12(20)8-11/h1-8,16H,9-10H2,(H,21,23). The van der Waals surface area contributed by atoms with Crippen molar-refractivity contribution in [1.82, 2.24) is 0 Å². The van der Waals surface area contributed by atoms with E-state index in [2.05, 4.69) is 26.4 Å². The lowest BCUT2D eigenvalue weighted by Gasteiger charge is -2.10. The highest BCUT2D eigenvalue weighted by Gasteiger charge is 2.30. The molecule has 1 heterocycles. The number of benzene rings is 2. The highest BCUT2D eigenvalue weighted by atomic mass is 79.9. The lowest BCUT2D eigenvalue weighted by atomic mass is 10.1. The first-order valence-corrected chi connectivity index (χ1v) is 8.52. The Hall–Kier alpha value is -2.74. The Balaban J connectivity index is 1.49. The number of hydrogen-bond acceptors (Lipinski definition) is 5. The molecular formula is C18H14BrFN2O4. The molecule has 0 saturated heterocycles. The van der Waals surface area contributed by atoms with Crippen molar-refractivity contribution < 1.29 is 23.6 Å². The number of ether oxygens (including phenoxy) is 1. The summed E-state index contributed by atoms with van der Waals surface area (Å²) < 4.78 is 18.9. The molecule has 0 aliphatic carbocycles. The van der Waals surface area contributed by atoms with Crippen LogP contribution in [0.5, 0.6) is 0 Å². The third-order valence-electron chi connectivity index (χ3n) is 3.58. The van der Waals surface area contributed by atoms with Crippen LogP contribution >= 0.6 is 15.9 Å². The zero-order valence-corrected chi connectivity index (χ0v) is 15.0. The highest BCUT2D eigenvalue weighted by Crippen LogP contribution is 2.21. The second-order valence-electron chi connectivity index (χ2n) is 5.48. The lowest BCUT2D eigenvalue weighted by Crippen LogP contribution is -2.28. The summed E-state index contributed by atoms with van der Waals surface area (Å²) in [5.74, 6) is -1.59. The number of hydrogen-bond donors (Lipinski definition) is 1. The summed E-state index contributed by atoms with van der Waals surface area (Å²) in [6, 6.07) is 12.9. The molecule has 0 aromatic heterocycles. The average Bonchev–Trinajstić information content (AvgIpc) is 3.12. The summed E-state index contributed by atoms with van der Waals surface area (Å²) in [6.07, 6.45) is -0.807. The first kappa shape index (κ1) is 18.1. The Morgan fingerprint density at radius 1 is 1.27 bits per heavy atom. The number of amides is 1. The Bertz CT molecular complexity index is 872. The molecule has 1 aliphatic rings. The van der Waals surface area contributed by atoms with Crippen LogP contribution in [0.25, 0.3) is 0 Å². The van der Waals surface area contributed by atoms with Gasteiger partial charge in [-0.2, -0.15) is 0 Å². The van der Waals surface area contributed by atoms with Crippen molar-refractivity contribution in [3.05, 3.63) is 64.4 Å². The van der Waals surface area contributed by atoms with Crippen LogP contribution in [0.15, 0.2) is 58.2 Å². The van der Waals surface area contributed by atoms with Gasteiger partial charge < -0.3 is 14.9 Å². The van der Waals surface area contributed by atoms with Crippen molar-refractivity contribution in [1.29, 1.82) is 0 Å². The van der Waals surface area contributed by atoms with Gasteiger partial charge in [0.2, 0.25) is 6.10 Å². The average molecular weight is 421 g/mol. The van der Waals surface area contributed by atoms with Crippen LogP contribution in [-0.2, 0) is 19.2 Å². The van der Waals surface area contributed by atoms with Gasteiger partial charge in [-0.25, -0.2) is 9.18 Å². The second-order valence-corrected chi connectivity index (χ2v) is 6.34. The van der Waals surface area contributed by atoms with E-state index in [-0.39, 0.29) is 6.42 Å². The second kappa shape index (κ2) is 8.09.